The summed E-state index contributed by atoms with van der Waals surface area (Å²) >= 11 is 0. The Morgan fingerprint density at radius 1 is 1.29 bits per heavy atom. The number of carbonyl (C=O) groups is 2. The van der Waals surface area contributed by atoms with Gasteiger partial charge in [-0.1, -0.05) is 12.1 Å². The third-order valence-electron chi connectivity index (χ3n) is 2.15. The summed E-state index contributed by atoms with van der Waals surface area (Å²) < 4.78 is 5.11. The Labute approximate surface area is 98.9 Å². The number of carboxylic acids is 1. The quantitative estimate of drug-likeness (QED) is 0.799. The van der Waals surface area contributed by atoms with Gasteiger partial charge in [-0.25, -0.2) is 4.79 Å². The third kappa shape index (κ3) is 3.34. The van der Waals surface area contributed by atoms with E-state index < -0.39 is 11.9 Å². The highest BCUT2D eigenvalue weighted by atomic mass is 16.5. The maximum atomic E-state index is 11.6. The van der Waals surface area contributed by atoms with Crippen LogP contribution in [-0.4, -0.2) is 31.1 Å². The number of rotatable bonds is 4. The number of methoxy groups -OCH3 is 1. The predicted octanol–water partition coefficient (Wildman–Crippen LogP) is 1.30. The average molecular weight is 235 g/mol. The SMILES string of the molecule is COc1ccccc1N(C)C(=O)C=CC(=O)O. The van der Waals surface area contributed by atoms with Crippen LogP contribution in [0.2, 0.25) is 0 Å². The van der Waals surface area contributed by atoms with Crippen molar-refractivity contribution in [2.45, 2.75) is 0 Å². The Morgan fingerprint density at radius 2 is 1.94 bits per heavy atom. The lowest BCUT2D eigenvalue weighted by atomic mass is 10.2. The summed E-state index contributed by atoms with van der Waals surface area (Å²) in [6.45, 7) is 0. The molecular formula is C12H13NO4. The van der Waals surface area contributed by atoms with Gasteiger partial charge in [0.15, 0.2) is 0 Å². The molecule has 5 nitrogen and oxygen atoms in total. The second-order valence-corrected chi connectivity index (χ2v) is 3.24. The van der Waals surface area contributed by atoms with E-state index in [0.717, 1.165) is 12.2 Å². The van der Waals surface area contributed by atoms with Crippen LogP contribution < -0.4 is 9.64 Å². The zero-order valence-electron chi connectivity index (χ0n) is 9.58. The summed E-state index contributed by atoms with van der Waals surface area (Å²) in [7, 11) is 3.05. The Morgan fingerprint density at radius 3 is 2.53 bits per heavy atom. The Kier molecular flexibility index (Phi) is 4.28. The third-order valence-corrected chi connectivity index (χ3v) is 2.15. The summed E-state index contributed by atoms with van der Waals surface area (Å²) in [6.07, 6.45) is 1.79. The van der Waals surface area contributed by atoms with Gasteiger partial charge in [0.05, 0.1) is 12.8 Å². The molecule has 0 heterocycles. The van der Waals surface area contributed by atoms with Gasteiger partial charge in [-0.2, -0.15) is 0 Å². The van der Waals surface area contributed by atoms with E-state index in [9.17, 15) is 9.59 Å². The van der Waals surface area contributed by atoms with E-state index in [1.807, 2.05) is 0 Å². The van der Waals surface area contributed by atoms with Crippen LogP contribution in [0.3, 0.4) is 0 Å². The van der Waals surface area contributed by atoms with E-state index in [1.54, 1.807) is 31.3 Å². The number of amides is 1. The number of likely N-dealkylation sites (N-methyl/N-ethyl adjacent to an activating group) is 1. The highest BCUT2D eigenvalue weighted by Gasteiger charge is 2.12. The van der Waals surface area contributed by atoms with Gasteiger partial charge < -0.3 is 14.7 Å². The summed E-state index contributed by atoms with van der Waals surface area (Å²) in [6, 6.07) is 6.99. The molecule has 17 heavy (non-hydrogen) atoms. The molecule has 1 aromatic rings. The van der Waals surface area contributed by atoms with Crippen molar-refractivity contribution in [2.24, 2.45) is 0 Å². The lowest BCUT2D eigenvalue weighted by Crippen LogP contribution is -2.24. The normalized spacial score (nSPS) is 10.2. The van der Waals surface area contributed by atoms with E-state index in [4.69, 9.17) is 9.84 Å². The number of carboxylic acid groups (broad SMARTS) is 1. The zero-order chi connectivity index (χ0) is 12.8. The fourth-order valence-corrected chi connectivity index (χ4v) is 1.28. The number of aliphatic carboxylic acids is 1. The number of nitrogens with zero attached hydrogens (tertiary/aromatic N) is 1. The topological polar surface area (TPSA) is 66.8 Å². The molecule has 0 saturated heterocycles. The molecule has 0 fully saturated rings. The average Bonchev–Trinajstić information content (AvgIpc) is 2.34. The fraction of sp³-hybridized carbons (Fsp3) is 0.167. The van der Waals surface area contributed by atoms with E-state index in [1.165, 1.54) is 12.0 Å². The van der Waals surface area contributed by atoms with Crippen LogP contribution in [0.4, 0.5) is 5.69 Å². The number of benzene rings is 1. The molecule has 1 N–H and O–H groups in total. The van der Waals surface area contributed by atoms with Gasteiger partial charge in [-0.05, 0) is 12.1 Å². The molecule has 0 bridgehead atoms. The second kappa shape index (κ2) is 5.69. The van der Waals surface area contributed by atoms with Crippen molar-refractivity contribution < 1.29 is 19.4 Å². The summed E-state index contributed by atoms with van der Waals surface area (Å²) in [5.41, 5.74) is 0.579. The number of carbonyl (C=O) groups excluding carboxylic acids is 1. The molecule has 1 aromatic carbocycles. The monoisotopic (exact) mass is 235 g/mol. The summed E-state index contributed by atoms with van der Waals surface area (Å²) in [4.78, 5) is 23.3. The maximum Gasteiger partial charge on any atom is 0.328 e. The molecule has 0 spiro atoms. The Bertz CT molecular complexity index is 454. The van der Waals surface area contributed by atoms with Gasteiger partial charge in [0.25, 0.3) is 5.91 Å². The van der Waals surface area contributed by atoms with E-state index >= 15 is 0 Å². The first-order valence-electron chi connectivity index (χ1n) is 4.88. The minimum atomic E-state index is -1.16. The molecule has 90 valence electrons. The van der Waals surface area contributed by atoms with Crippen molar-refractivity contribution >= 4 is 17.6 Å². The molecule has 0 aliphatic carbocycles. The molecule has 0 saturated carbocycles. The first kappa shape index (κ1) is 12.8. The van der Waals surface area contributed by atoms with E-state index in [2.05, 4.69) is 0 Å². The molecule has 0 radical (unpaired) electrons. The molecule has 0 atom stereocenters. The van der Waals surface area contributed by atoms with Crippen LogP contribution in [-0.2, 0) is 9.59 Å². The van der Waals surface area contributed by atoms with Crippen LogP contribution in [0.1, 0.15) is 0 Å². The maximum absolute atomic E-state index is 11.6. The molecule has 0 aliphatic heterocycles. The lowest BCUT2D eigenvalue weighted by molar-refractivity contribution is -0.131. The van der Waals surface area contributed by atoms with E-state index in [-0.39, 0.29) is 0 Å². The van der Waals surface area contributed by atoms with Gasteiger partial charge in [0.2, 0.25) is 0 Å². The molecule has 0 unspecified atom stereocenters. The fourth-order valence-electron chi connectivity index (χ4n) is 1.28. The standard InChI is InChI=1S/C12H13NO4/c1-13(11(14)7-8-12(15)16)9-5-3-4-6-10(9)17-2/h3-8H,1-2H3,(H,15,16). The van der Waals surface area contributed by atoms with Crippen LogP contribution in [0.5, 0.6) is 5.75 Å². The van der Waals surface area contributed by atoms with Crippen molar-refractivity contribution in [3.05, 3.63) is 36.4 Å². The van der Waals surface area contributed by atoms with E-state index in [0.29, 0.717) is 11.4 Å². The highest BCUT2D eigenvalue weighted by molar-refractivity contribution is 6.04. The second-order valence-electron chi connectivity index (χ2n) is 3.24. The Hall–Kier alpha value is -2.30. The van der Waals surface area contributed by atoms with Crippen molar-refractivity contribution in [2.75, 3.05) is 19.1 Å². The lowest BCUT2D eigenvalue weighted by Gasteiger charge is -2.18. The zero-order valence-corrected chi connectivity index (χ0v) is 9.58. The molecule has 1 amide bonds. The summed E-state index contributed by atoms with van der Waals surface area (Å²) in [5, 5.41) is 8.43. The van der Waals surface area contributed by atoms with Crippen molar-refractivity contribution in [1.82, 2.24) is 0 Å². The molecular weight excluding hydrogens is 222 g/mol. The number of para-hydroxylation sites is 2. The van der Waals surface area contributed by atoms with Crippen molar-refractivity contribution in [3.63, 3.8) is 0 Å². The van der Waals surface area contributed by atoms with Gasteiger partial charge in [-0.3, -0.25) is 4.79 Å². The van der Waals surface area contributed by atoms with Crippen LogP contribution in [0, 0.1) is 0 Å². The van der Waals surface area contributed by atoms with Gasteiger partial charge in [0, 0.05) is 19.2 Å². The molecule has 5 heteroatoms. The number of anilines is 1. The summed E-state index contributed by atoms with van der Waals surface area (Å²) in [5.74, 6) is -1.05. The van der Waals surface area contributed by atoms with Gasteiger partial charge in [0.1, 0.15) is 5.75 Å². The minimum absolute atomic E-state index is 0.433. The van der Waals surface area contributed by atoms with Crippen LogP contribution >= 0.6 is 0 Å². The van der Waals surface area contributed by atoms with Crippen LogP contribution in [0.25, 0.3) is 0 Å². The molecule has 0 aliphatic rings. The highest BCUT2D eigenvalue weighted by Crippen LogP contribution is 2.26. The van der Waals surface area contributed by atoms with Crippen molar-refractivity contribution in [1.29, 1.82) is 0 Å². The first-order chi connectivity index (χ1) is 8.06. The smallest absolute Gasteiger partial charge is 0.328 e. The number of hydrogen-bond acceptors (Lipinski definition) is 3. The number of ether oxygens (including phenoxy) is 1. The van der Waals surface area contributed by atoms with Crippen molar-refractivity contribution in [3.8, 4) is 5.75 Å². The molecule has 1 rings (SSSR count). The number of hydrogen-bond donors (Lipinski definition) is 1. The largest absolute Gasteiger partial charge is 0.495 e. The van der Waals surface area contributed by atoms with Gasteiger partial charge >= 0.3 is 5.97 Å². The first-order valence-corrected chi connectivity index (χ1v) is 4.88. The van der Waals surface area contributed by atoms with Crippen LogP contribution in [0.15, 0.2) is 36.4 Å². The minimum Gasteiger partial charge on any atom is -0.495 e. The Balaban J connectivity index is 2.92. The predicted molar refractivity (Wildman–Crippen MR) is 63.2 cm³/mol. The van der Waals surface area contributed by atoms with Gasteiger partial charge in [-0.15, -0.1) is 0 Å². The molecule has 0 aromatic heterocycles.